The summed E-state index contributed by atoms with van der Waals surface area (Å²) in [6.45, 7) is 0.497. The van der Waals surface area contributed by atoms with E-state index >= 15 is 0 Å². The summed E-state index contributed by atoms with van der Waals surface area (Å²) in [5, 5.41) is 0. The van der Waals surface area contributed by atoms with Gasteiger partial charge in [-0.15, -0.1) is 0 Å². The summed E-state index contributed by atoms with van der Waals surface area (Å²) in [5.74, 6) is 3.18. The number of rotatable bonds is 7. The first kappa shape index (κ1) is 21.8. The SMILES string of the molecule is COc1cccc(OC)c1C1CCCCC(=O)N1Cc1cccc(Oc2ccccc2)c1. The smallest absolute Gasteiger partial charge is 0.223 e. The number of methoxy groups -OCH3 is 2. The van der Waals surface area contributed by atoms with E-state index in [0.29, 0.717) is 13.0 Å². The Morgan fingerprint density at radius 2 is 1.53 bits per heavy atom. The van der Waals surface area contributed by atoms with E-state index in [-0.39, 0.29) is 11.9 Å². The number of carbonyl (C=O) groups excluding carboxylic acids is 1. The summed E-state index contributed by atoms with van der Waals surface area (Å²) in [6, 6.07) is 23.3. The number of hydrogen-bond acceptors (Lipinski definition) is 4. The fourth-order valence-electron chi connectivity index (χ4n) is 4.32. The van der Waals surface area contributed by atoms with Crippen molar-refractivity contribution in [2.75, 3.05) is 14.2 Å². The third-order valence-corrected chi connectivity index (χ3v) is 5.84. The highest BCUT2D eigenvalue weighted by molar-refractivity contribution is 5.77. The highest BCUT2D eigenvalue weighted by Gasteiger charge is 2.32. The van der Waals surface area contributed by atoms with Gasteiger partial charge in [0.05, 0.1) is 25.8 Å². The average molecular weight is 432 g/mol. The van der Waals surface area contributed by atoms with Crippen molar-refractivity contribution in [2.24, 2.45) is 0 Å². The summed E-state index contributed by atoms with van der Waals surface area (Å²) < 4.78 is 17.3. The Kier molecular flexibility index (Phi) is 6.95. The molecule has 0 N–H and O–H groups in total. The first-order chi connectivity index (χ1) is 15.7. The molecule has 0 spiro atoms. The van der Waals surface area contributed by atoms with Crippen LogP contribution in [0.1, 0.15) is 42.9 Å². The van der Waals surface area contributed by atoms with Gasteiger partial charge < -0.3 is 19.1 Å². The summed E-state index contributed by atoms with van der Waals surface area (Å²) >= 11 is 0. The molecular weight excluding hydrogens is 402 g/mol. The van der Waals surface area contributed by atoms with Crippen LogP contribution in [0.2, 0.25) is 0 Å². The number of nitrogens with zero attached hydrogens (tertiary/aromatic N) is 1. The van der Waals surface area contributed by atoms with Gasteiger partial charge in [0.2, 0.25) is 5.91 Å². The lowest BCUT2D eigenvalue weighted by molar-refractivity contribution is -0.133. The van der Waals surface area contributed by atoms with Crippen LogP contribution in [0.3, 0.4) is 0 Å². The second kappa shape index (κ2) is 10.2. The Morgan fingerprint density at radius 1 is 0.844 bits per heavy atom. The van der Waals surface area contributed by atoms with Crippen molar-refractivity contribution in [2.45, 2.75) is 38.3 Å². The van der Waals surface area contributed by atoms with E-state index in [1.807, 2.05) is 77.7 Å². The van der Waals surface area contributed by atoms with Crippen molar-refractivity contribution in [3.05, 3.63) is 83.9 Å². The van der Waals surface area contributed by atoms with Crippen molar-refractivity contribution >= 4 is 5.91 Å². The Bertz CT molecular complexity index is 1030. The molecule has 1 saturated heterocycles. The summed E-state index contributed by atoms with van der Waals surface area (Å²) in [4.78, 5) is 15.2. The van der Waals surface area contributed by atoms with Gasteiger partial charge in [-0.25, -0.2) is 0 Å². The zero-order valence-corrected chi connectivity index (χ0v) is 18.6. The lowest BCUT2D eigenvalue weighted by atomic mass is 9.98. The van der Waals surface area contributed by atoms with Gasteiger partial charge in [-0.05, 0) is 54.8 Å². The highest BCUT2D eigenvalue weighted by Crippen LogP contribution is 2.42. The molecule has 1 aliphatic rings. The molecule has 5 heteroatoms. The van der Waals surface area contributed by atoms with E-state index in [2.05, 4.69) is 0 Å². The number of para-hydroxylation sites is 1. The molecule has 1 heterocycles. The molecule has 5 nitrogen and oxygen atoms in total. The minimum absolute atomic E-state index is 0.116. The monoisotopic (exact) mass is 431 g/mol. The van der Waals surface area contributed by atoms with Gasteiger partial charge in [-0.3, -0.25) is 4.79 Å². The number of likely N-dealkylation sites (tertiary alicyclic amines) is 1. The first-order valence-corrected chi connectivity index (χ1v) is 11.0. The summed E-state index contributed by atoms with van der Waals surface area (Å²) in [5.41, 5.74) is 1.96. The Labute approximate surface area is 189 Å². The molecule has 3 aromatic rings. The molecule has 1 unspecified atom stereocenters. The minimum atomic E-state index is -0.116. The predicted molar refractivity (Wildman–Crippen MR) is 124 cm³/mol. The van der Waals surface area contributed by atoms with E-state index in [1.54, 1.807) is 14.2 Å². The van der Waals surface area contributed by atoms with Crippen molar-refractivity contribution in [3.63, 3.8) is 0 Å². The van der Waals surface area contributed by atoms with Crippen molar-refractivity contribution in [3.8, 4) is 23.0 Å². The van der Waals surface area contributed by atoms with Crippen LogP contribution in [-0.2, 0) is 11.3 Å². The minimum Gasteiger partial charge on any atom is -0.496 e. The molecule has 0 aliphatic carbocycles. The number of benzene rings is 3. The van der Waals surface area contributed by atoms with Crippen LogP contribution in [0.25, 0.3) is 0 Å². The molecule has 1 fully saturated rings. The third-order valence-electron chi connectivity index (χ3n) is 5.84. The van der Waals surface area contributed by atoms with Gasteiger partial charge in [0.25, 0.3) is 0 Å². The van der Waals surface area contributed by atoms with E-state index < -0.39 is 0 Å². The van der Waals surface area contributed by atoms with Crippen molar-refractivity contribution in [1.82, 2.24) is 4.90 Å². The van der Waals surface area contributed by atoms with Gasteiger partial charge in [0.15, 0.2) is 0 Å². The fourth-order valence-corrected chi connectivity index (χ4v) is 4.32. The molecule has 0 aromatic heterocycles. The van der Waals surface area contributed by atoms with Gasteiger partial charge in [-0.1, -0.05) is 42.8 Å². The van der Waals surface area contributed by atoms with E-state index in [1.165, 1.54) is 0 Å². The zero-order chi connectivity index (χ0) is 22.3. The molecule has 3 aromatic carbocycles. The molecule has 1 amide bonds. The molecule has 1 aliphatic heterocycles. The van der Waals surface area contributed by atoms with Gasteiger partial charge in [0, 0.05) is 13.0 Å². The van der Waals surface area contributed by atoms with Crippen LogP contribution in [0, 0.1) is 0 Å². The van der Waals surface area contributed by atoms with Gasteiger partial charge >= 0.3 is 0 Å². The largest absolute Gasteiger partial charge is 0.496 e. The quantitative estimate of drug-likeness (QED) is 0.451. The van der Waals surface area contributed by atoms with E-state index in [4.69, 9.17) is 14.2 Å². The standard InChI is InChI=1S/C27H29NO4/c1-30-24-15-9-16-25(31-2)27(24)23-14-6-7-17-26(29)28(23)19-20-10-8-13-22(18-20)32-21-11-4-3-5-12-21/h3-5,8-13,15-16,18,23H,6-7,14,17,19H2,1-2H3. The maximum absolute atomic E-state index is 13.2. The molecule has 166 valence electrons. The van der Waals surface area contributed by atoms with Gasteiger partial charge in [0.1, 0.15) is 23.0 Å². The van der Waals surface area contributed by atoms with Gasteiger partial charge in [-0.2, -0.15) is 0 Å². The molecule has 0 bridgehead atoms. The van der Waals surface area contributed by atoms with Crippen LogP contribution < -0.4 is 14.2 Å². The number of ether oxygens (including phenoxy) is 3. The second-order valence-corrected chi connectivity index (χ2v) is 7.92. The van der Waals surface area contributed by atoms with E-state index in [0.717, 1.165) is 53.4 Å². The third kappa shape index (κ3) is 4.88. The molecular formula is C27H29NO4. The fraction of sp³-hybridized carbons (Fsp3) is 0.296. The Hall–Kier alpha value is -3.47. The zero-order valence-electron chi connectivity index (χ0n) is 18.6. The molecule has 32 heavy (non-hydrogen) atoms. The van der Waals surface area contributed by atoms with Crippen molar-refractivity contribution < 1.29 is 19.0 Å². The normalized spacial score (nSPS) is 16.4. The maximum atomic E-state index is 13.2. The first-order valence-electron chi connectivity index (χ1n) is 11.0. The average Bonchev–Trinajstić information content (AvgIpc) is 3.00. The lowest BCUT2D eigenvalue weighted by Crippen LogP contribution is -2.33. The molecule has 0 radical (unpaired) electrons. The van der Waals surface area contributed by atoms with E-state index in [9.17, 15) is 4.79 Å². The predicted octanol–water partition coefficient (Wildman–Crippen LogP) is 6.14. The Morgan fingerprint density at radius 3 is 2.25 bits per heavy atom. The van der Waals surface area contributed by atoms with Crippen LogP contribution in [0.5, 0.6) is 23.0 Å². The number of carbonyl (C=O) groups is 1. The highest BCUT2D eigenvalue weighted by atomic mass is 16.5. The summed E-state index contributed by atoms with van der Waals surface area (Å²) in [6.07, 6.45) is 3.28. The van der Waals surface area contributed by atoms with Crippen molar-refractivity contribution in [1.29, 1.82) is 0 Å². The van der Waals surface area contributed by atoms with Crippen LogP contribution in [0.4, 0.5) is 0 Å². The van der Waals surface area contributed by atoms with Crippen LogP contribution in [0.15, 0.2) is 72.8 Å². The topological polar surface area (TPSA) is 48.0 Å². The molecule has 1 atom stereocenters. The van der Waals surface area contributed by atoms with Crippen LogP contribution in [-0.4, -0.2) is 25.0 Å². The second-order valence-electron chi connectivity index (χ2n) is 7.92. The number of hydrogen-bond donors (Lipinski definition) is 0. The summed E-state index contributed by atoms with van der Waals surface area (Å²) in [7, 11) is 3.32. The Balaban J connectivity index is 1.65. The maximum Gasteiger partial charge on any atom is 0.223 e. The number of amides is 1. The van der Waals surface area contributed by atoms with Crippen LogP contribution >= 0.6 is 0 Å². The lowest BCUT2D eigenvalue weighted by Gasteiger charge is -2.32. The molecule has 4 rings (SSSR count). The molecule has 0 saturated carbocycles.